The lowest BCUT2D eigenvalue weighted by molar-refractivity contribution is -0.128. The summed E-state index contributed by atoms with van der Waals surface area (Å²) >= 11 is 0. The smallest absolute Gasteiger partial charge is 0.261 e. The van der Waals surface area contributed by atoms with E-state index in [1.54, 1.807) is 14.0 Å². The molecule has 0 unspecified atom stereocenters. The molecule has 3 rings (SSSR count). The monoisotopic (exact) mass is 411 g/mol. The number of carbonyl (C=O) groups is 1. The van der Waals surface area contributed by atoms with Crippen molar-refractivity contribution in [3.63, 3.8) is 0 Å². The SMILES string of the molecule is COc1ccc2c(c1)OC(C)(C)C[C@@H]2NC(=O)[C@@H](C)Oc1cc(C)ccc1C(C)C. The van der Waals surface area contributed by atoms with Gasteiger partial charge in [-0.1, -0.05) is 26.0 Å². The Morgan fingerprint density at radius 1 is 1.17 bits per heavy atom. The summed E-state index contributed by atoms with van der Waals surface area (Å²) in [5.74, 6) is 2.41. The molecule has 1 aliphatic heterocycles. The Morgan fingerprint density at radius 2 is 1.90 bits per heavy atom. The van der Waals surface area contributed by atoms with E-state index in [4.69, 9.17) is 14.2 Å². The van der Waals surface area contributed by atoms with Crippen molar-refractivity contribution in [2.24, 2.45) is 0 Å². The third-order valence-corrected chi connectivity index (χ3v) is 5.46. The molecule has 2 aromatic carbocycles. The Morgan fingerprint density at radius 3 is 2.57 bits per heavy atom. The van der Waals surface area contributed by atoms with Gasteiger partial charge in [0, 0.05) is 18.1 Å². The number of methoxy groups -OCH3 is 1. The minimum Gasteiger partial charge on any atom is -0.497 e. The lowest BCUT2D eigenvalue weighted by Crippen LogP contribution is -2.44. The van der Waals surface area contributed by atoms with Crippen LogP contribution in [0.1, 0.15) is 69.7 Å². The fourth-order valence-electron chi connectivity index (χ4n) is 3.84. The summed E-state index contributed by atoms with van der Waals surface area (Å²) < 4.78 is 17.5. The van der Waals surface area contributed by atoms with Crippen molar-refractivity contribution in [3.05, 3.63) is 53.1 Å². The van der Waals surface area contributed by atoms with Crippen LogP contribution in [-0.2, 0) is 4.79 Å². The maximum absolute atomic E-state index is 13.0. The number of aryl methyl sites for hydroxylation is 1. The molecule has 0 aliphatic carbocycles. The highest BCUT2D eigenvalue weighted by Gasteiger charge is 2.35. The van der Waals surface area contributed by atoms with E-state index >= 15 is 0 Å². The van der Waals surface area contributed by atoms with Gasteiger partial charge in [0.25, 0.3) is 5.91 Å². The topological polar surface area (TPSA) is 56.8 Å². The molecule has 0 bridgehead atoms. The number of nitrogens with one attached hydrogen (secondary N) is 1. The van der Waals surface area contributed by atoms with Gasteiger partial charge in [-0.3, -0.25) is 4.79 Å². The van der Waals surface area contributed by atoms with Crippen molar-refractivity contribution in [3.8, 4) is 17.2 Å². The third-order valence-electron chi connectivity index (χ3n) is 5.46. The van der Waals surface area contributed by atoms with Crippen LogP contribution in [0.25, 0.3) is 0 Å². The number of amides is 1. The van der Waals surface area contributed by atoms with Crippen LogP contribution in [0.2, 0.25) is 0 Å². The summed E-state index contributed by atoms with van der Waals surface area (Å²) in [5.41, 5.74) is 2.76. The highest BCUT2D eigenvalue weighted by Crippen LogP contribution is 2.41. The maximum atomic E-state index is 13.0. The fraction of sp³-hybridized carbons (Fsp3) is 0.480. The van der Waals surface area contributed by atoms with Crippen LogP contribution >= 0.6 is 0 Å². The second kappa shape index (κ2) is 8.58. The number of hydrogen-bond acceptors (Lipinski definition) is 4. The second-order valence-electron chi connectivity index (χ2n) is 8.99. The van der Waals surface area contributed by atoms with Gasteiger partial charge in [0.1, 0.15) is 22.8 Å². The molecule has 5 nitrogen and oxygen atoms in total. The van der Waals surface area contributed by atoms with E-state index in [1.165, 1.54) is 0 Å². The first-order chi connectivity index (χ1) is 14.1. The molecule has 1 N–H and O–H groups in total. The molecule has 1 aliphatic rings. The van der Waals surface area contributed by atoms with Gasteiger partial charge in [-0.15, -0.1) is 0 Å². The molecule has 2 atom stereocenters. The van der Waals surface area contributed by atoms with E-state index in [-0.39, 0.29) is 11.9 Å². The summed E-state index contributed by atoms with van der Waals surface area (Å²) in [7, 11) is 1.63. The number of fused-ring (bicyclic) bond motifs is 1. The number of ether oxygens (including phenoxy) is 3. The van der Waals surface area contributed by atoms with E-state index in [9.17, 15) is 4.79 Å². The molecule has 162 valence electrons. The fourth-order valence-corrected chi connectivity index (χ4v) is 3.84. The van der Waals surface area contributed by atoms with Gasteiger partial charge < -0.3 is 19.5 Å². The van der Waals surface area contributed by atoms with Gasteiger partial charge in [0.15, 0.2) is 6.10 Å². The summed E-state index contributed by atoms with van der Waals surface area (Å²) in [4.78, 5) is 13.0. The van der Waals surface area contributed by atoms with Crippen LogP contribution in [0.5, 0.6) is 17.2 Å². The summed E-state index contributed by atoms with van der Waals surface area (Å²) in [6.07, 6.45) is 0.0592. The third kappa shape index (κ3) is 4.89. The van der Waals surface area contributed by atoms with Crippen LogP contribution in [-0.4, -0.2) is 24.7 Å². The lowest BCUT2D eigenvalue weighted by Gasteiger charge is -2.38. The Labute approximate surface area is 179 Å². The van der Waals surface area contributed by atoms with E-state index < -0.39 is 11.7 Å². The number of rotatable bonds is 6. The molecule has 0 fully saturated rings. The second-order valence-corrected chi connectivity index (χ2v) is 8.99. The van der Waals surface area contributed by atoms with Crippen molar-refractivity contribution in [1.82, 2.24) is 5.32 Å². The van der Waals surface area contributed by atoms with Gasteiger partial charge >= 0.3 is 0 Å². The molecule has 30 heavy (non-hydrogen) atoms. The molecule has 1 heterocycles. The molecule has 2 aromatic rings. The van der Waals surface area contributed by atoms with Crippen LogP contribution in [0.4, 0.5) is 0 Å². The van der Waals surface area contributed by atoms with Crippen molar-refractivity contribution in [2.45, 2.75) is 71.6 Å². The Kier molecular flexibility index (Phi) is 6.30. The zero-order chi connectivity index (χ0) is 22.1. The number of benzene rings is 2. The predicted octanol–water partition coefficient (Wildman–Crippen LogP) is 5.31. The van der Waals surface area contributed by atoms with Crippen LogP contribution in [0.15, 0.2) is 36.4 Å². The standard InChI is InChI=1S/C25H33NO4/c1-15(2)19-10-8-16(3)12-22(19)29-17(4)24(27)26-21-14-25(5,6)30-23-13-18(28-7)9-11-20(21)23/h8-13,15,17,21H,14H2,1-7H3,(H,26,27)/t17-,21+/m1/s1. The van der Waals surface area contributed by atoms with Crippen LogP contribution < -0.4 is 19.5 Å². The first kappa shape index (κ1) is 22.0. The Balaban J connectivity index is 1.78. The predicted molar refractivity (Wildman–Crippen MR) is 119 cm³/mol. The van der Waals surface area contributed by atoms with E-state index in [0.717, 1.165) is 33.9 Å². The minimum absolute atomic E-state index is 0.143. The molecular weight excluding hydrogens is 378 g/mol. The van der Waals surface area contributed by atoms with Gasteiger partial charge in [-0.25, -0.2) is 0 Å². The quantitative estimate of drug-likeness (QED) is 0.700. The first-order valence-electron chi connectivity index (χ1n) is 10.5. The van der Waals surface area contributed by atoms with E-state index in [2.05, 4.69) is 31.3 Å². The average Bonchev–Trinajstić information content (AvgIpc) is 2.66. The Hall–Kier alpha value is -2.69. The molecule has 0 aromatic heterocycles. The average molecular weight is 412 g/mol. The molecule has 0 spiro atoms. The molecular formula is C25H33NO4. The van der Waals surface area contributed by atoms with Crippen LogP contribution in [0, 0.1) is 6.92 Å². The lowest BCUT2D eigenvalue weighted by atomic mass is 9.89. The number of hydrogen-bond donors (Lipinski definition) is 1. The van der Waals surface area contributed by atoms with Gasteiger partial charge in [0.2, 0.25) is 0 Å². The van der Waals surface area contributed by atoms with Gasteiger partial charge in [-0.2, -0.15) is 0 Å². The first-order valence-corrected chi connectivity index (χ1v) is 10.5. The Bertz CT molecular complexity index is 919. The normalized spacial score (nSPS) is 18.2. The van der Waals surface area contributed by atoms with Crippen molar-refractivity contribution in [2.75, 3.05) is 7.11 Å². The highest BCUT2D eigenvalue weighted by molar-refractivity contribution is 5.81. The molecule has 0 saturated heterocycles. The molecule has 0 saturated carbocycles. The molecule has 0 radical (unpaired) electrons. The number of carbonyl (C=O) groups excluding carboxylic acids is 1. The van der Waals surface area contributed by atoms with Gasteiger partial charge in [0.05, 0.1) is 13.2 Å². The van der Waals surface area contributed by atoms with Crippen molar-refractivity contribution < 1.29 is 19.0 Å². The summed E-state index contributed by atoms with van der Waals surface area (Å²) in [5, 5.41) is 3.17. The van der Waals surface area contributed by atoms with Gasteiger partial charge in [-0.05, 0) is 62.9 Å². The van der Waals surface area contributed by atoms with Crippen LogP contribution in [0.3, 0.4) is 0 Å². The minimum atomic E-state index is -0.614. The largest absolute Gasteiger partial charge is 0.497 e. The molecule has 1 amide bonds. The molecule has 5 heteroatoms. The van der Waals surface area contributed by atoms with Crippen molar-refractivity contribution in [1.29, 1.82) is 0 Å². The van der Waals surface area contributed by atoms with E-state index in [1.807, 2.05) is 45.0 Å². The summed E-state index contributed by atoms with van der Waals surface area (Å²) in [6.45, 7) is 12.1. The highest BCUT2D eigenvalue weighted by atomic mass is 16.5. The van der Waals surface area contributed by atoms with Crippen molar-refractivity contribution >= 4 is 5.91 Å². The van der Waals surface area contributed by atoms with E-state index in [0.29, 0.717) is 12.3 Å². The summed E-state index contributed by atoms with van der Waals surface area (Å²) in [6, 6.07) is 11.7. The zero-order valence-electron chi connectivity index (χ0n) is 19.0. The maximum Gasteiger partial charge on any atom is 0.261 e. The zero-order valence-corrected chi connectivity index (χ0v) is 19.0.